The lowest BCUT2D eigenvalue weighted by Crippen LogP contribution is -2.35. The quantitative estimate of drug-likeness (QED) is 0.596. The van der Waals surface area contributed by atoms with Gasteiger partial charge in [-0.15, -0.1) is 0 Å². The van der Waals surface area contributed by atoms with Crippen LogP contribution in [0.3, 0.4) is 0 Å². The van der Waals surface area contributed by atoms with Gasteiger partial charge in [-0.05, 0) is 18.4 Å². The summed E-state index contributed by atoms with van der Waals surface area (Å²) in [5.74, 6) is 0. The monoisotopic (exact) mass is 234 g/mol. The van der Waals surface area contributed by atoms with Crippen molar-refractivity contribution in [2.45, 2.75) is 18.3 Å². The summed E-state index contributed by atoms with van der Waals surface area (Å²) in [6, 6.07) is 5.35. The molecule has 3 rings (SSSR count). The summed E-state index contributed by atoms with van der Waals surface area (Å²) in [4.78, 5) is 10.7. The molecule has 1 aromatic carbocycles. The van der Waals surface area contributed by atoms with Crippen LogP contribution in [0.1, 0.15) is 18.4 Å². The standard InChI is InChI=1S/C12H14N2O3/c15-14(16)10-3-1-2-9-11(10)13-8-12(9)4-6-17-7-5-12/h1-3,13H,4-8H2. The van der Waals surface area contributed by atoms with Crippen molar-refractivity contribution in [1.29, 1.82) is 0 Å². The molecule has 0 saturated carbocycles. The number of nitro benzene ring substituents is 1. The fourth-order valence-corrected chi connectivity index (χ4v) is 2.88. The van der Waals surface area contributed by atoms with E-state index in [1.807, 2.05) is 6.07 Å². The van der Waals surface area contributed by atoms with Crippen molar-refractivity contribution < 1.29 is 9.66 Å². The third-order valence-electron chi connectivity index (χ3n) is 3.86. The van der Waals surface area contributed by atoms with Crippen LogP contribution < -0.4 is 5.32 Å². The third kappa shape index (κ3) is 1.50. The van der Waals surface area contributed by atoms with E-state index < -0.39 is 0 Å². The highest BCUT2D eigenvalue weighted by Gasteiger charge is 2.42. The number of ether oxygens (including phenoxy) is 1. The summed E-state index contributed by atoms with van der Waals surface area (Å²) in [7, 11) is 0. The van der Waals surface area contributed by atoms with Crippen molar-refractivity contribution in [3.05, 3.63) is 33.9 Å². The Morgan fingerprint density at radius 3 is 2.82 bits per heavy atom. The molecule has 0 atom stereocenters. The topological polar surface area (TPSA) is 64.4 Å². The van der Waals surface area contributed by atoms with Gasteiger partial charge in [-0.1, -0.05) is 12.1 Å². The molecule has 5 heteroatoms. The molecule has 1 aromatic rings. The predicted octanol–water partition coefficient (Wildman–Crippen LogP) is 2.07. The molecule has 0 unspecified atom stereocenters. The van der Waals surface area contributed by atoms with Crippen LogP contribution in [-0.2, 0) is 10.2 Å². The number of para-hydroxylation sites is 1. The Morgan fingerprint density at radius 1 is 1.35 bits per heavy atom. The number of nitrogens with one attached hydrogen (secondary N) is 1. The van der Waals surface area contributed by atoms with E-state index in [9.17, 15) is 10.1 Å². The lowest BCUT2D eigenvalue weighted by Gasteiger charge is -2.33. The van der Waals surface area contributed by atoms with Gasteiger partial charge in [-0.3, -0.25) is 10.1 Å². The molecule has 1 spiro atoms. The Kier molecular flexibility index (Phi) is 2.29. The van der Waals surface area contributed by atoms with Gasteiger partial charge < -0.3 is 10.1 Å². The molecule has 0 aliphatic carbocycles. The van der Waals surface area contributed by atoms with Crippen LogP contribution in [-0.4, -0.2) is 24.7 Å². The summed E-state index contributed by atoms with van der Waals surface area (Å²) in [6.45, 7) is 2.27. The highest BCUT2D eigenvalue weighted by molar-refractivity contribution is 5.72. The molecular formula is C12H14N2O3. The van der Waals surface area contributed by atoms with E-state index in [1.165, 1.54) is 0 Å². The zero-order valence-corrected chi connectivity index (χ0v) is 9.44. The fourth-order valence-electron chi connectivity index (χ4n) is 2.88. The minimum atomic E-state index is -0.315. The molecule has 1 fully saturated rings. The van der Waals surface area contributed by atoms with Gasteiger partial charge >= 0.3 is 0 Å². The Labute approximate surface area is 98.9 Å². The molecule has 2 aliphatic heterocycles. The summed E-state index contributed by atoms with van der Waals surface area (Å²) in [6.07, 6.45) is 1.88. The van der Waals surface area contributed by atoms with Crippen molar-refractivity contribution in [1.82, 2.24) is 0 Å². The van der Waals surface area contributed by atoms with E-state index in [4.69, 9.17) is 4.74 Å². The largest absolute Gasteiger partial charge is 0.381 e. The molecule has 1 saturated heterocycles. The summed E-state index contributed by atoms with van der Waals surface area (Å²) >= 11 is 0. The van der Waals surface area contributed by atoms with Gasteiger partial charge in [0.15, 0.2) is 0 Å². The van der Waals surface area contributed by atoms with Crippen LogP contribution in [0, 0.1) is 10.1 Å². The number of fused-ring (bicyclic) bond motifs is 2. The third-order valence-corrected chi connectivity index (χ3v) is 3.86. The number of nitrogens with zero attached hydrogens (tertiary/aromatic N) is 1. The van der Waals surface area contributed by atoms with Crippen LogP contribution in [0.4, 0.5) is 11.4 Å². The van der Waals surface area contributed by atoms with Crippen LogP contribution in [0.2, 0.25) is 0 Å². The van der Waals surface area contributed by atoms with E-state index in [1.54, 1.807) is 12.1 Å². The number of hydrogen-bond donors (Lipinski definition) is 1. The van der Waals surface area contributed by atoms with Gasteiger partial charge in [-0.2, -0.15) is 0 Å². The molecule has 5 nitrogen and oxygen atoms in total. The van der Waals surface area contributed by atoms with Crippen LogP contribution in [0.15, 0.2) is 18.2 Å². The number of nitro groups is 1. The fraction of sp³-hybridized carbons (Fsp3) is 0.500. The molecule has 17 heavy (non-hydrogen) atoms. The first-order valence-electron chi connectivity index (χ1n) is 5.82. The molecule has 0 aromatic heterocycles. The number of rotatable bonds is 1. The Balaban J connectivity index is 2.08. The highest BCUT2D eigenvalue weighted by atomic mass is 16.6. The number of benzene rings is 1. The van der Waals surface area contributed by atoms with Crippen LogP contribution >= 0.6 is 0 Å². The first-order chi connectivity index (χ1) is 8.23. The van der Waals surface area contributed by atoms with E-state index >= 15 is 0 Å². The van der Waals surface area contributed by atoms with Gasteiger partial charge in [0.25, 0.3) is 5.69 Å². The molecule has 2 aliphatic rings. The molecule has 90 valence electrons. The zero-order chi connectivity index (χ0) is 11.9. The van der Waals surface area contributed by atoms with Gasteiger partial charge in [-0.25, -0.2) is 0 Å². The maximum absolute atomic E-state index is 11.0. The second kappa shape index (κ2) is 3.70. The van der Waals surface area contributed by atoms with Crippen molar-refractivity contribution in [2.24, 2.45) is 0 Å². The first-order valence-corrected chi connectivity index (χ1v) is 5.82. The minimum absolute atomic E-state index is 0.0413. The molecule has 2 heterocycles. The Bertz CT molecular complexity index is 467. The average Bonchev–Trinajstić information content (AvgIpc) is 2.69. The van der Waals surface area contributed by atoms with Gasteiger partial charge in [0.2, 0.25) is 0 Å². The second-order valence-corrected chi connectivity index (χ2v) is 4.70. The lowest BCUT2D eigenvalue weighted by molar-refractivity contribution is -0.383. The maximum Gasteiger partial charge on any atom is 0.292 e. The maximum atomic E-state index is 11.0. The summed E-state index contributed by atoms with van der Waals surface area (Å²) in [5.41, 5.74) is 2.03. The molecular weight excluding hydrogens is 220 g/mol. The van der Waals surface area contributed by atoms with Gasteiger partial charge in [0, 0.05) is 31.2 Å². The number of anilines is 1. The first kappa shape index (κ1) is 10.5. The van der Waals surface area contributed by atoms with E-state index in [2.05, 4.69) is 5.32 Å². The van der Waals surface area contributed by atoms with Crippen molar-refractivity contribution >= 4 is 11.4 Å². The summed E-state index contributed by atoms with van der Waals surface area (Å²) in [5, 5.41) is 14.2. The normalized spacial score (nSPS) is 20.9. The van der Waals surface area contributed by atoms with Crippen LogP contribution in [0.5, 0.6) is 0 Å². The van der Waals surface area contributed by atoms with Crippen molar-refractivity contribution in [2.75, 3.05) is 25.1 Å². The molecule has 0 amide bonds. The number of hydrogen-bond acceptors (Lipinski definition) is 4. The van der Waals surface area contributed by atoms with Crippen molar-refractivity contribution in [3.63, 3.8) is 0 Å². The van der Waals surface area contributed by atoms with E-state index in [-0.39, 0.29) is 16.0 Å². The lowest BCUT2D eigenvalue weighted by atomic mass is 9.76. The Morgan fingerprint density at radius 2 is 2.12 bits per heavy atom. The zero-order valence-electron chi connectivity index (χ0n) is 9.44. The molecule has 0 radical (unpaired) electrons. The Hall–Kier alpha value is -1.62. The smallest absolute Gasteiger partial charge is 0.292 e. The van der Waals surface area contributed by atoms with Gasteiger partial charge in [0.05, 0.1) is 4.92 Å². The van der Waals surface area contributed by atoms with Crippen molar-refractivity contribution in [3.8, 4) is 0 Å². The predicted molar refractivity (Wildman–Crippen MR) is 63.3 cm³/mol. The highest BCUT2D eigenvalue weighted by Crippen LogP contribution is 2.46. The molecule has 1 N–H and O–H groups in total. The van der Waals surface area contributed by atoms with Crippen LogP contribution in [0.25, 0.3) is 0 Å². The van der Waals surface area contributed by atoms with Gasteiger partial charge in [0.1, 0.15) is 5.69 Å². The van der Waals surface area contributed by atoms with E-state index in [0.717, 1.165) is 38.2 Å². The SMILES string of the molecule is O=[N+]([O-])c1cccc2c1NCC21CCOCC1. The average molecular weight is 234 g/mol. The minimum Gasteiger partial charge on any atom is -0.381 e. The second-order valence-electron chi connectivity index (χ2n) is 4.70. The van der Waals surface area contributed by atoms with E-state index in [0.29, 0.717) is 5.69 Å². The molecule has 0 bridgehead atoms. The summed E-state index contributed by atoms with van der Waals surface area (Å²) < 4.78 is 5.39.